The number of hydrogen-bond donors (Lipinski definition) is 0. The number of aromatic nitrogens is 1. The largest absolute Gasteiger partial charge is 0.457 e. The van der Waals surface area contributed by atoms with Crippen LogP contribution in [0.4, 0.5) is 68.4 Å². The Morgan fingerprint density at radius 1 is 0.270 bits per heavy atom. The SMILES string of the molecule is c1ccc(Oc2cc3c4c(c2)N(c2ccccc2)c2cc5c(cc2B4c2ccccc2N3c2ccccc2)B2c3ccccc3N(c3ccccc3)c3nc(Oc4ccccc4)cc(c32)N5c2ccccc2)cc1. The predicted octanol–water partition coefficient (Wildman–Crippen LogP) is 12.8. The Morgan fingerprint density at radius 2 is 0.649 bits per heavy atom. The number of pyridine rings is 1. The first kappa shape index (κ1) is 42.0. The molecule has 7 nitrogen and oxygen atoms in total. The minimum atomic E-state index is -0.193. The molecule has 346 valence electrons. The minimum absolute atomic E-state index is 0.146. The van der Waals surface area contributed by atoms with Crippen LogP contribution in [0, 0.1) is 0 Å². The van der Waals surface area contributed by atoms with Gasteiger partial charge < -0.3 is 24.2 Å². The molecule has 0 fully saturated rings. The lowest BCUT2D eigenvalue weighted by molar-refractivity contribution is 0.464. The molecule has 4 aliphatic rings. The fraction of sp³-hybridized carbons (Fsp3) is 0. The molecule has 11 aromatic rings. The Bertz CT molecular complexity index is 3690. The van der Waals surface area contributed by atoms with E-state index in [1.165, 1.54) is 27.3 Å². The first-order valence-corrected chi connectivity index (χ1v) is 25.2. The molecule has 0 saturated heterocycles. The molecule has 0 N–H and O–H groups in total. The number of fused-ring (bicyclic) bond motifs is 8. The smallest absolute Gasteiger partial charge is 0.254 e. The average Bonchev–Trinajstić information content (AvgIpc) is 3.56. The number of benzene rings is 10. The third kappa shape index (κ3) is 6.60. The standard InChI is InChI=1S/C65H43B2N5O2/c1-7-23-44(24-8-1)69-55-37-21-19-35-51(55)66-53-41-54-58(42-57(53)70(45-25-9-2-10-26-45)60-40-50(39-59(69)63(60)66)73-48-31-15-5-16-32-48)71(46-27-11-3-12-28-46)61-43-62(74-49-33-17-6-18-34-49)68-65-64(61)67(54)52-36-20-22-38-56(52)72(65)47-29-13-4-14-30-47/h1-43H. The van der Waals surface area contributed by atoms with E-state index in [-0.39, 0.29) is 13.4 Å². The summed E-state index contributed by atoms with van der Waals surface area (Å²) in [6.45, 7) is -0.338. The average molecular weight is 948 g/mol. The Balaban J connectivity index is 1.05. The molecule has 9 heteroatoms. The summed E-state index contributed by atoms with van der Waals surface area (Å²) in [5.74, 6) is 3.58. The molecule has 0 bridgehead atoms. The van der Waals surface area contributed by atoms with Gasteiger partial charge in [0, 0.05) is 75.1 Å². The van der Waals surface area contributed by atoms with Crippen LogP contribution < -0.4 is 61.9 Å². The number of para-hydroxylation sites is 8. The lowest BCUT2D eigenvalue weighted by Crippen LogP contribution is -2.65. The van der Waals surface area contributed by atoms with E-state index in [0.717, 1.165) is 85.3 Å². The van der Waals surface area contributed by atoms with Crippen molar-refractivity contribution in [1.29, 1.82) is 0 Å². The van der Waals surface area contributed by atoms with E-state index in [9.17, 15) is 0 Å². The summed E-state index contributed by atoms with van der Waals surface area (Å²) in [5, 5.41) is 0. The number of nitrogens with zero attached hydrogens (tertiary/aromatic N) is 5. The highest BCUT2D eigenvalue weighted by atomic mass is 16.5. The van der Waals surface area contributed by atoms with E-state index in [2.05, 4.69) is 220 Å². The normalized spacial score (nSPS) is 13.2. The highest BCUT2D eigenvalue weighted by Gasteiger charge is 2.49. The molecule has 1 aromatic heterocycles. The second-order valence-corrected chi connectivity index (χ2v) is 19.1. The van der Waals surface area contributed by atoms with Crippen LogP contribution in [0.1, 0.15) is 0 Å². The highest BCUT2D eigenvalue weighted by molar-refractivity contribution is 7.03. The van der Waals surface area contributed by atoms with E-state index in [4.69, 9.17) is 14.5 Å². The van der Waals surface area contributed by atoms with Crippen LogP contribution in [0.3, 0.4) is 0 Å². The Hall–Kier alpha value is -9.72. The van der Waals surface area contributed by atoms with E-state index in [0.29, 0.717) is 11.6 Å². The monoisotopic (exact) mass is 947 g/mol. The van der Waals surface area contributed by atoms with Crippen molar-refractivity contribution in [3.05, 3.63) is 261 Å². The van der Waals surface area contributed by atoms with E-state index >= 15 is 0 Å². The molecule has 0 aliphatic carbocycles. The zero-order chi connectivity index (χ0) is 48.7. The summed E-state index contributed by atoms with van der Waals surface area (Å²) >= 11 is 0. The second kappa shape index (κ2) is 17.0. The van der Waals surface area contributed by atoms with Crippen molar-refractivity contribution in [2.45, 2.75) is 0 Å². The Labute approximate surface area is 430 Å². The zero-order valence-electron chi connectivity index (χ0n) is 40.0. The number of anilines is 12. The highest BCUT2D eigenvalue weighted by Crippen LogP contribution is 2.50. The van der Waals surface area contributed by atoms with Gasteiger partial charge in [-0.05, 0) is 124 Å². The third-order valence-corrected chi connectivity index (χ3v) is 14.9. The van der Waals surface area contributed by atoms with Gasteiger partial charge in [-0.15, -0.1) is 0 Å². The molecule has 10 aromatic carbocycles. The first-order valence-electron chi connectivity index (χ1n) is 25.2. The van der Waals surface area contributed by atoms with Gasteiger partial charge in [-0.25, -0.2) is 0 Å². The van der Waals surface area contributed by atoms with Gasteiger partial charge in [0.25, 0.3) is 13.4 Å². The van der Waals surface area contributed by atoms with Crippen LogP contribution in [-0.4, -0.2) is 18.4 Å². The maximum absolute atomic E-state index is 6.89. The van der Waals surface area contributed by atoms with Gasteiger partial charge in [-0.1, -0.05) is 152 Å². The van der Waals surface area contributed by atoms with E-state index in [1.807, 2.05) is 60.7 Å². The number of ether oxygens (including phenoxy) is 2. The van der Waals surface area contributed by atoms with Crippen LogP contribution in [0.25, 0.3) is 0 Å². The lowest BCUT2D eigenvalue weighted by atomic mass is 9.30. The summed E-state index contributed by atoms with van der Waals surface area (Å²) in [6.07, 6.45) is 0. The van der Waals surface area contributed by atoms with Crippen molar-refractivity contribution in [2.24, 2.45) is 0 Å². The topological polar surface area (TPSA) is 44.3 Å². The second-order valence-electron chi connectivity index (χ2n) is 19.1. The molecule has 0 spiro atoms. The number of rotatable bonds is 8. The van der Waals surface area contributed by atoms with Gasteiger partial charge in [-0.3, -0.25) is 4.90 Å². The molecule has 0 radical (unpaired) electrons. The zero-order valence-corrected chi connectivity index (χ0v) is 40.0. The summed E-state index contributed by atoms with van der Waals surface area (Å²) in [4.78, 5) is 15.2. The first-order chi connectivity index (χ1) is 36.7. The fourth-order valence-corrected chi connectivity index (χ4v) is 11.9. The summed E-state index contributed by atoms with van der Waals surface area (Å²) in [7, 11) is 0. The van der Waals surface area contributed by atoms with Crippen LogP contribution in [0.5, 0.6) is 23.1 Å². The number of hydrogen-bond acceptors (Lipinski definition) is 7. The minimum Gasteiger partial charge on any atom is -0.457 e. The van der Waals surface area contributed by atoms with Crippen molar-refractivity contribution in [3.63, 3.8) is 0 Å². The molecule has 4 aliphatic heterocycles. The van der Waals surface area contributed by atoms with Crippen molar-refractivity contribution >= 4 is 115 Å². The lowest BCUT2D eigenvalue weighted by Gasteiger charge is -2.47. The van der Waals surface area contributed by atoms with Gasteiger partial charge in [0.05, 0.1) is 5.69 Å². The van der Waals surface area contributed by atoms with Crippen LogP contribution >= 0.6 is 0 Å². The Morgan fingerprint density at radius 3 is 1.15 bits per heavy atom. The molecule has 0 atom stereocenters. The molecule has 74 heavy (non-hydrogen) atoms. The van der Waals surface area contributed by atoms with Gasteiger partial charge in [0.1, 0.15) is 23.1 Å². The van der Waals surface area contributed by atoms with Gasteiger partial charge >= 0.3 is 0 Å². The van der Waals surface area contributed by atoms with Crippen molar-refractivity contribution < 1.29 is 9.47 Å². The van der Waals surface area contributed by atoms with Crippen molar-refractivity contribution in [3.8, 4) is 23.1 Å². The maximum Gasteiger partial charge on any atom is 0.254 e. The Kier molecular flexibility index (Phi) is 9.63. The molecule has 0 saturated carbocycles. The summed E-state index contributed by atoms with van der Waals surface area (Å²) in [6, 6.07) is 92.4. The van der Waals surface area contributed by atoms with Crippen LogP contribution in [0.2, 0.25) is 0 Å². The third-order valence-electron chi connectivity index (χ3n) is 14.9. The van der Waals surface area contributed by atoms with E-state index < -0.39 is 0 Å². The molecule has 15 rings (SSSR count). The molecular weight excluding hydrogens is 904 g/mol. The van der Waals surface area contributed by atoms with Crippen LogP contribution in [-0.2, 0) is 0 Å². The predicted molar refractivity (Wildman–Crippen MR) is 305 cm³/mol. The van der Waals surface area contributed by atoms with Crippen LogP contribution in [0.15, 0.2) is 261 Å². The summed E-state index contributed by atoms with van der Waals surface area (Å²) < 4.78 is 13.7. The van der Waals surface area contributed by atoms with Gasteiger partial charge in [0.15, 0.2) is 0 Å². The van der Waals surface area contributed by atoms with Crippen molar-refractivity contribution in [1.82, 2.24) is 4.98 Å². The summed E-state index contributed by atoms with van der Waals surface area (Å²) in [5.41, 5.74) is 18.9. The molecule has 0 amide bonds. The molecule has 5 heterocycles. The quantitative estimate of drug-likeness (QED) is 0.141. The maximum atomic E-state index is 6.89. The molecule has 0 unspecified atom stereocenters. The molecular formula is C65H43B2N5O2. The fourth-order valence-electron chi connectivity index (χ4n) is 11.9. The van der Waals surface area contributed by atoms with Crippen molar-refractivity contribution in [2.75, 3.05) is 19.6 Å². The van der Waals surface area contributed by atoms with E-state index in [1.54, 1.807) is 0 Å². The van der Waals surface area contributed by atoms with Gasteiger partial charge in [0.2, 0.25) is 5.88 Å². The van der Waals surface area contributed by atoms with Gasteiger partial charge in [-0.2, -0.15) is 4.98 Å².